The average molecular weight is 371 g/mol. The number of aromatic nitrogens is 2. The van der Waals surface area contributed by atoms with Crippen LogP contribution in [-0.2, 0) is 11.3 Å². The Morgan fingerprint density at radius 2 is 1.88 bits per heavy atom. The van der Waals surface area contributed by atoms with Crippen molar-refractivity contribution in [2.75, 3.05) is 31.2 Å². The summed E-state index contributed by atoms with van der Waals surface area (Å²) in [4.78, 5) is 19.0. The third-order valence-electron chi connectivity index (χ3n) is 4.41. The molecule has 26 heavy (non-hydrogen) atoms. The Balaban J connectivity index is 1.38. The first kappa shape index (κ1) is 16.9. The number of pyridine rings is 1. The molecule has 0 atom stereocenters. The van der Waals surface area contributed by atoms with Gasteiger partial charge in [0.25, 0.3) is 5.91 Å². The fourth-order valence-electron chi connectivity index (χ4n) is 2.99. The zero-order valence-electron chi connectivity index (χ0n) is 14.2. The molecule has 0 saturated carbocycles. The van der Waals surface area contributed by atoms with Gasteiger partial charge in [-0.3, -0.25) is 4.79 Å². The van der Waals surface area contributed by atoms with Crippen LogP contribution in [-0.4, -0.2) is 41.6 Å². The van der Waals surface area contributed by atoms with Crippen LogP contribution in [0.3, 0.4) is 0 Å². The minimum absolute atomic E-state index is 0.206. The molecule has 6 nitrogen and oxygen atoms in total. The van der Waals surface area contributed by atoms with E-state index in [4.69, 9.17) is 16.3 Å². The second kappa shape index (κ2) is 7.35. The van der Waals surface area contributed by atoms with Gasteiger partial charge in [-0.15, -0.1) is 0 Å². The molecule has 3 aromatic rings. The Hall–Kier alpha value is -2.57. The van der Waals surface area contributed by atoms with E-state index in [9.17, 15) is 4.79 Å². The lowest BCUT2D eigenvalue weighted by atomic mass is 10.2. The van der Waals surface area contributed by atoms with Crippen molar-refractivity contribution in [3.05, 3.63) is 65.1 Å². The standard InChI is InChI=1S/C19H19ClN4O2/c20-15-3-6-18-22-17(13-24(18)12-15)19(25)21-11-14-1-4-16(5-2-14)23-7-9-26-10-8-23/h1-6,12-13H,7-11H2,(H,21,25). The molecule has 1 aliphatic rings. The molecule has 0 unspecified atom stereocenters. The van der Waals surface area contributed by atoms with Crippen molar-refractivity contribution >= 4 is 28.8 Å². The van der Waals surface area contributed by atoms with E-state index in [0.29, 0.717) is 22.9 Å². The van der Waals surface area contributed by atoms with Gasteiger partial charge in [0.05, 0.1) is 18.2 Å². The number of nitrogens with one attached hydrogen (secondary N) is 1. The van der Waals surface area contributed by atoms with Crippen molar-refractivity contribution in [1.82, 2.24) is 14.7 Å². The predicted molar refractivity (Wildman–Crippen MR) is 101 cm³/mol. The number of fused-ring (bicyclic) bond motifs is 1. The van der Waals surface area contributed by atoms with Crippen LogP contribution >= 0.6 is 11.6 Å². The number of rotatable bonds is 4. The topological polar surface area (TPSA) is 58.9 Å². The number of amides is 1. The summed E-state index contributed by atoms with van der Waals surface area (Å²) in [6.07, 6.45) is 3.41. The molecule has 4 rings (SSSR count). The molecule has 1 aliphatic heterocycles. The Labute approximate surface area is 156 Å². The maximum absolute atomic E-state index is 12.3. The van der Waals surface area contributed by atoms with E-state index in [1.165, 1.54) is 5.69 Å². The number of anilines is 1. The van der Waals surface area contributed by atoms with Gasteiger partial charge < -0.3 is 19.4 Å². The van der Waals surface area contributed by atoms with Crippen molar-refractivity contribution in [2.24, 2.45) is 0 Å². The van der Waals surface area contributed by atoms with Crippen LogP contribution in [0.2, 0.25) is 5.02 Å². The highest BCUT2D eigenvalue weighted by atomic mass is 35.5. The Bertz CT molecular complexity index is 917. The van der Waals surface area contributed by atoms with Gasteiger partial charge in [0.1, 0.15) is 11.3 Å². The van der Waals surface area contributed by atoms with E-state index in [0.717, 1.165) is 31.9 Å². The average Bonchev–Trinajstić information content (AvgIpc) is 3.10. The molecule has 0 bridgehead atoms. The van der Waals surface area contributed by atoms with Gasteiger partial charge >= 0.3 is 0 Å². The van der Waals surface area contributed by atoms with Crippen LogP contribution < -0.4 is 10.2 Å². The molecule has 1 N–H and O–H groups in total. The van der Waals surface area contributed by atoms with E-state index < -0.39 is 0 Å². The van der Waals surface area contributed by atoms with Crippen LogP contribution in [0.1, 0.15) is 16.1 Å². The van der Waals surface area contributed by atoms with E-state index in [2.05, 4.69) is 27.3 Å². The van der Waals surface area contributed by atoms with Crippen LogP contribution in [0.15, 0.2) is 48.8 Å². The highest BCUT2D eigenvalue weighted by molar-refractivity contribution is 6.30. The quantitative estimate of drug-likeness (QED) is 0.767. The summed E-state index contributed by atoms with van der Waals surface area (Å²) < 4.78 is 7.12. The maximum Gasteiger partial charge on any atom is 0.271 e. The van der Waals surface area contributed by atoms with Crippen molar-refractivity contribution < 1.29 is 9.53 Å². The molecule has 0 spiro atoms. The molecule has 1 amide bonds. The molecular formula is C19H19ClN4O2. The molecule has 3 heterocycles. The summed E-state index contributed by atoms with van der Waals surface area (Å²) >= 11 is 5.96. The molecule has 1 aromatic carbocycles. The smallest absolute Gasteiger partial charge is 0.271 e. The molecule has 2 aromatic heterocycles. The number of benzene rings is 1. The first-order valence-corrected chi connectivity index (χ1v) is 8.91. The Morgan fingerprint density at radius 3 is 2.65 bits per heavy atom. The molecule has 134 valence electrons. The van der Waals surface area contributed by atoms with E-state index >= 15 is 0 Å². The van der Waals surface area contributed by atoms with Crippen LogP contribution in [0.25, 0.3) is 5.65 Å². The second-order valence-corrected chi connectivity index (χ2v) is 6.62. The first-order valence-electron chi connectivity index (χ1n) is 8.53. The minimum atomic E-state index is -0.206. The number of carbonyl (C=O) groups is 1. The summed E-state index contributed by atoms with van der Waals surface area (Å²) in [5.74, 6) is -0.206. The summed E-state index contributed by atoms with van der Waals surface area (Å²) in [5, 5.41) is 3.51. The number of hydrogen-bond donors (Lipinski definition) is 1. The lowest BCUT2D eigenvalue weighted by Gasteiger charge is -2.28. The van der Waals surface area contributed by atoms with Gasteiger partial charge in [0.15, 0.2) is 0 Å². The SMILES string of the molecule is O=C(NCc1ccc(N2CCOCC2)cc1)c1cn2cc(Cl)ccc2n1. The molecule has 0 aliphatic carbocycles. The van der Waals surface area contributed by atoms with Crippen LogP contribution in [0.4, 0.5) is 5.69 Å². The van der Waals surface area contributed by atoms with E-state index in [1.807, 2.05) is 12.1 Å². The van der Waals surface area contributed by atoms with Crippen LogP contribution in [0, 0.1) is 0 Å². The van der Waals surface area contributed by atoms with E-state index in [-0.39, 0.29) is 5.91 Å². The van der Waals surface area contributed by atoms with Gasteiger partial charge in [-0.05, 0) is 29.8 Å². The predicted octanol–water partition coefficient (Wildman–Crippen LogP) is 2.75. The van der Waals surface area contributed by atoms with Gasteiger partial charge in [-0.2, -0.15) is 0 Å². The van der Waals surface area contributed by atoms with Gasteiger partial charge in [0, 0.05) is 37.7 Å². The number of hydrogen-bond acceptors (Lipinski definition) is 4. The summed E-state index contributed by atoms with van der Waals surface area (Å²) in [5.41, 5.74) is 3.29. The minimum Gasteiger partial charge on any atom is -0.378 e. The largest absolute Gasteiger partial charge is 0.378 e. The molecule has 1 saturated heterocycles. The Morgan fingerprint density at radius 1 is 1.12 bits per heavy atom. The highest BCUT2D eigenvalue weighted by Gasteiger charge is 2.12. The number of nitrogens with zero attached hydrogens (tertiary/aromatic N) is 3. The lowest BCUT2D eigenvalue weighted by Crippen LogP contribution is -2.36. The van der Waals surface area contributed by atoms with Crippen molar-refractivity contribution in [3.8, 4) is 0 Å². The number of halogens is 1. The van der Waals surface area contributed by atoms with Crippen LogP contribution in [0.5, 0.6) is 0 Å². The summed E-state index contributed by atoms with van der Waals surface area (Å²) in [6, 6.07) is 11.8. The third kappa shape index (κ3) is 3.66. The highest BCUT2D eigenvalue weighted by Crippen LogP contribution is 2.17. The molecular weight excluding hydrogens is 352 g/mol. The lowest BCUT2D eigenvalue weighted by molar-refractivity contribution is 0.0946. The van der Waals surface area contributed by atoms with Gasteiger partial charge in [-0.1, -0.05) is 23.7 Å². The van der Waals surface area contributed by atoms with Crippen molar-refractivity contribution in [3.63, 3.8) is 0 Å². The van der Waals surface area contributed by atoms with Gasteiger partial charge in [-0.25, -0.2) is 4.98 Å². The third-order valence-corrected chi connectivity index (χ3v) is 4.64. The fourth-order valence-corrected chi connectivity index (χ4v) is 3.16. The first-order chi connectivity index (χ1) is 12.7. The fraction of sp³-hybridized carbons (Fsp3) is 0.263. The van der Waals surface area contributed by atoms with Crippen molar-refractivity contribution in [1.29, 1.82) is 0 Å². The number of carbonyl (C=O) groups excluding carboxylic acids is 1. The van der Waals surface area contributed by atoms with Gasteiger partial charge in [0.2, 0.25) is 0 Å². The molecule has 0 radical (unpaired) electrons. The Kier molecular flexibility index (Phi) is 4.77. The summed E-state index contributed by atoms with van der Waals surface area (Å²) in [6.45, 7) is 3.81. The number of imidazole rings is 1. The zero-order chi connectivity index (χ0) is 17.9. The number of morpholine rings is 1. The molecule has 7 heteroatoms. The zero-order valence-corrected chi connectivity index (χ0v) is 14.9. The van der Waals surface area contributed by atoms with E-state index in [1.54, 1.807) is 28.9 Å². The monoisotopic (exact) mass is 370 g/mol. The second-order valence-electron chi connectivity index (χ2n) is 6.19. The maximum atomic E-state index is 12.3. The number of ether oxygens (including phenoxy) is 1. The summed E-state index contributed by atoms with van der Waals surface area (Å²) in [7, 11) is 0. The van der Waals surface area contributed by atoms with Crippen molar-refractivity contribution in [2.45, 2.75) is 6.54 Å². The normalized spacial score (nSPS) is 14.6. The molecule has 1 fully saturated rings.